The molecule has 0 fully saturated rings. The second kappa shape index (κ2) is 6.61. The lowest BCUT2D eigenvalue weighted by Gasteiger charge is -2.09. The van der Waals surface area contributed by atoms with E-state index >= 15 is 0 Å². The van der Waals surface area contributed by atoms with Crippen molar-refractivity contribution in [2.75, 3.05) is 19.8 Å². The number of aliphatic hydroxyl groups excluding tert-OH is 2. The molecule has 1 aromatic rings. The molecule has 0 aliphatic heterocycles. The van der Waals surface area contributed by atoms with E-state index in [4.69, 9.17) is 10.2 Å². The van der Waals surface area contributed by atoms with Gasteiger partial charge in [0.25, 0.3) is 10.0 Å². The van der Waals surface area contributed by atoms with Crippen LogP contribution in [0.5, 0.6) is 0 Å². The number of nitrogens with one attached hydrogen (secondary N) is 2. The first-order chi connectivity index (χ1) is 8.92. The molecule has 0 bridgehead atoms. The van der Waals surface area contributed by atoms with Gasteiger partial charge in [0, 0.05) is 6.54 Å². The highest BCUT2D eigenvalue weighted by atomic mass is 32.2. The summed E-state index contributed by atoms with van der Waals surface area (Å²) in [5, 5.41) is 22.9. The molecule has 1 atom stereocenters. The minimum Gasteiger partial charge on any atom is -0.462 e. The first kappa shape index (κ1) is 15.6. The van der Waals surface area contributed by atoms with E-state index in [1.165, 1.54) is 0 Å². The minimum atomic E-state index is -4.06. The van der Waals surface area contributed by atoms with Crippen LogP contribution in [0.15, 0.2) is 11.2 Å². The van der Waals surface area contributed by atoms with Crippen molar-refractivity contribution in [2.24, 2.45) is 0 Å². The van der Waals surface area contributed by atoms with Gasteiger partial charge in [-0.15, -0.1) is 0 Å². The van der Waals surface area contributed by atoms with E-state index in [2.05, 4.69) is 14.9 Å². The van der Waals surface area contributed by atoms with Crippen molar-refractivity contribution in [3.05, 3.63) is 11.8 Å². The molecule has 10 heteroatoms. The number of aromatic amines is 1. The number of esters is 1. The molecule has 0 saturated carbocycles. The van der Waals surface area contributed by atoms with Gasteiger partial charge in [-0.1, -0.05) is 0 Å². The number of ether oxygens (including phenoxy) is 1. The number of sulfonamides is 1. The van der Waals surface area contributed by atoms with Crippen LogP contribution < -0.4 is 4.72 Å². The summed E-state index contributed by atoms with van der Waals surface area (Å²) in [7, 11) is -4.06. The number of nitrogens with zero attached hydrogens (tertiary/aromatic N) is 1. The van der Waals surface area contributed by atoms with Crippen molar-refractivity contribution >= 4 is 16.0 Å². The Morgan fingerprint density at radius 1 is 1.63 bits per heavy atom. The van der Waals surface area contributed by atoms with Crippen LogP contribution in [0.2, 0.25) is 0 Å². The van der Waals surface area contributed by atoms with Crippen molar-refractivity contribution in [1.82, 2.24) is 14.9 Å². The van der Waals surface area contributed by atoms with E-state index in [1.54, 1.807) is 6.92 Å². The van der Waals surface area contributed by atoms with Gasteiger partial charge in [-0.3, -0.25) is 5.10 Å². The summed E-state index contributed by atoms with van der Waals surface area (Å²) in [5.74, 6) is -0.820. The van der Waals surface area contributed by atoms with Gasteiger partial charge in [-0.2, -0.15) is 5.10 Å². The normalized spacial score (nSPS) is 13.2. The van der Waals surface area contributed by atoms with Crippen molar-refractivity contribution in [2.45, 2.75) is 18.1 Å². The lowest BCUT2D eigenvalue weighted by Crippen LogP contribution is -2.34. The molecule has 0 saturated heterocycles. The Bertz CT molecular complexity index is 526. The maximum Gasteiger partial charge on any atom is 0.342 e. The van der Waals surface area contributed by atoms with Crippen molar-refractivity contribution < 1.29 is 28.2 Å². The summed E-state index contributed by atoms with van der Waals surface area (Å²) < 4.78 is 30.4. The Hall–Kier alpha value is -1.49. The van der Waals surface area contributed by atoms with Crippen LogP contribution in [0.1, 0.15) is 17.3 Å². The van der Waals surface area contributed by atoms with Crippen LogP contribution in [0, 0.1) is 0 Å². The molecule has 0 radical (unpaired) electrons. The zero-order chi connectivity index (χ0) is 14.5. The third-order valence-electron chi connectivity index (χ3n) is 2.09. The highest BCUT2D eigenvalue weighted by Crippen LogP contribution is 2.12. The highest BCUT2D eigenvalue weighted by Gasteiger charge is 2.26. The Morgan fingerprint density at radius 2 is 2.32 bits per heavy atom. The molecule has 0 amide bonds. The third kappa shape index (κ3) is 3.99. The Balaban J connectivity index is 2.90. The molecule has 19 heavy (non-hydrogen) atoms. The van der Waals surface area contributed by atoms with E-state index in [9.17, 15) is 13.2 Å². The largest absolute Gasteiger partial charge is 0.462 e. The summed E-state index contributed by atoms with van der Waals surface area (Å²) in [5.41, 5.74) is -0.229. The molecule has 1 aromatic heterocycles. The topological polar surface area (TPSA) is 142 Å². The fourth-order valence-corrected chi connectivity index (χ4v) is 2.33. The Kier molecular flexibility index (Phi) is 5.42. The number of aromatic nitrogens is 2. The zero-order valence-corrected chi connectivity index (χ0v) is 11.0. The lowest BCUT2D eigenvalue weighted by atomic mass is 10.4. The standard InChI is InChI=1S/C9H15N3O6S/c1-2-18-9(15)7-4-10-12-8(7)19(16,17)11-3-6(14)5-13/h4,6,11,13-14H,2-3,5H2,1H3,(H,10,12). The van der Waals surface area contributed by atoms with Gasteiger partial charge in [0.15, 0.2) is 5.03 Å². The van der Waals surface area contributed by atoms with Gasteiger partial charge in [-0.25, -0.2) is 17.9 Å². The van der Waals surface area contributed by atoms with Gasteiger partial charge in [0.2, 0.25) is 0 Å². The predicted molar refractivity (Wildman–Crippen MR) is 62.8 cm³/mol. The molecule has 108 valence electrons. The molecule has 0 aliphatic carbocycles. The van der Waals surface area contributed by atoms with Crippen LogP contribution in [0.4, 0.5) is 0 Å². The van der Waals surface area contributed by atoms with Crippen LogP contribution in [-0.4, -0.2) is 60.7 Å². The maximum absolute atomic E-state index is 11.9. The molecule has 1 unspecified atom stereocenters. The smallest absolute Gasteiger partial charge is 0.342 e. The van der Waals surface area contributed by atoms with Crippen LogP contribution in [0.25, 0.3) is 0 Å². The van der Waals surface area contributed by atoms with Crippen molar-refractivity contribution in [3.8, 4) is 0 Å². The lowest BCUT2D eigenvalue weighted by molar-refractivity contribution is 0.0522. The van der Waals surface area contributed by atoms with Gasteiger partial charge < -0.3 is 14.9 Å². The van der Waals surface area contributed by atoms with Crippen LogP contribution in [-0.2, 0) is 14.8 Å². The summed E-state index contributed by atoms with van der Waals surface area (Å²) in [6.45, 7) is 0.707. The first-order valence-corrected chi connectivity index (χ1v) is 6.89. The summed E-state index contributed by atoms with van der Waals surface area (Å²) in [4.78, 5) is 11.5. The second-order valence-corrected chi connectivity index (χ2v) is 5.23. The van der Waals surface area contributed by atoms with Gasteiger partial charge in [0.1, 0.15) is 5.56 Å². The number of rotatable bonds is 7. The minimum absolute atomic E-state index is 0.0974. The molecule has 9 nitrogen and oxygen atoms in total. The number of aliphatic hydroxyl groups is 2. The molecule has 1 rings (SSSR count). The molecular formula is C9H15N3O6S. The number of carbonyl (C=O) groups excluding carboxylic acids is 1. The molecule has 1 heterocycles. The highest BCUT2D eigenvalue weighted by molar-refractivity contribution is 7.89. The number of hydrogen-bond donors (Lipinski definition) is 4. The monoisotopic (exact) mass is 293 g/mol. The van der Waals surface area contributed by atoms with E-state index in [1.807, 2.05) is 4.72 Å². The second-order valence-electron chi connectivity index (χ2n) is 3.52. The van der Waals surface area contributed by atoms with Gasteiger partial charge >= 0.3 is 5.97 Å². The predicted octanol–water partition coefficient (Wildman–Crippen LogP) is -1.78. The average molecular weight is 293 g/mol. The molecule has 0 aliphatic rings. The number of H-pyrrole nitrogens is 1. The fraction of sp³-hybridized carbons (Fsp3) is 0.556. The Morgan fingerprint density at radius 3 is 2.89 bits per heavy atom. The Labute approximate surface area is 109 Å². The number of carbonyl (C=O) groups is 1. The fourth-order valence-electron chi connectivity index (χ4n) is 1.18. The van der Waals surface area contributed by atoms with Gasteiger partial charge in [-0.05, 0) is 6.92 Å². The van der Waals surface area contributed by atoms with E-state index in [0.717, 1.165) is 6.20 Å². The third-order valence-corrected chi connectivity index (χ3v) is 3.48. The number of hydrogen-bond acceptors (Lipinski definition) is 7. The maximum atomic E-state index is 11.9. The quantitative estimate of drug-likeness (QED) is 0.435. The average Bonchev–Trinajstić information content (AvgIpc) is 2.86. The van der Waals surface area contributed by atoms with Crippen LogP contribution in [0.3, 0.4) is 0 Å². The van der Waals surface area contributed by atoms with E-state index in [0.29, 0.717) is 0 Å². The summed E-state index contributed by atoms with van der Waals surface area (Å²) in [6.07, 6.45) is -0.196. The van der Waals surface area contributed by atoms with E-state index < -0.39 is 33.7 Å². The van der Waals surface area contributed by atoms with Crippen molar-refractivity contribution in [1.29, 1.82) is 0 Å². The summed E-state index contributed by atoms with van der Waals surface area (Å²) in [6, 6.07) is 0. The van der Waals surface area contributed by atoms with Crippen LogP contribution >= 0.6 is 0 Å². The molecule has 0 spiro atoms. The first-order valence-electron chi connectivity index (χ1n) is 5.41. The summed E-state index contributed by atoms with van der Waals surface area (Å²) >= 11 is 0. The zero-order valence-electron chi connectivity index (χ0n) is 10.2. The SMILES string of the molecule is CCOC(=O)c1cn[nH]c1S(=O)(=O)NCC(O)CO. The van der Waals surface area contributed by atoms with Crippen molar-refractivity contribution in [3.63, 3.8) is 0 Å². The molecule has 4 N–H and O–H groups in total. The van der Waals surface area contributed by atoms with E-state index in [-0.39, 0.29) is 18.7 Å². The van der Waals surface area contributed by atoms with Gasteiger partial charge in [0.05, 0.1) is 25.5 Å². The molecule has 0 aromatic carbocycles. The molecular weight excluding hydrogens is 278 g/mol.